The molecule has 0 N–H and O–H groups in total. The van der Waals surface area contributed by atoms with Gasteiger partial charge in [-0.05, 0) is 25.8 Å². The second-order valence-corrected chi connectivity index (χ2v) is 3.62. The van der Waals surface area contributed by atoms with Gasteiger partial charge in [0.2, 0.25) is 0 Å². The second-order valence-electron chi connectivity index (χ2n) is 3.17. The van der Waals surface area contributed by atoms with Crippen molar-refractivity contribution in [3.05, 3.63) is 12.2 Å². The van der Waals surface area contributed by atoms with Crippen LogP contribution in [0.15, 0.2) is 12.2 Å². The molecule has 1 fully saturated rings. The summed E-state index contributed by atoms with van der Waals surface area (Å²) < 4.78 is 0. The molecule has 0 bridgehead atoms. The van der Waals surface area contributed by atoms with Crippen LogP contribution in [0.2, 0.25) is 0 Å². The van der Waals surface area contributed by atoms with E-state index in [1.165, 1.54) is 37.9 Å². The van der Waals surface area contributed by atoms with Crippen LogP contribution < -0.4 is 0 Å². The van der Waals surface area contributed by atoms with Crippen molar-refractivity contribution in [3.63, 3.8) is 0 Å². The molecule has 64 valence electrons. The summed E-state index contributed by atoms with van der Waals surface area (Å²) in [4.78, 5) is 2.48. The first-order chi connectivity index (χ1) is 5.33. The van der Waals surface area contributed by atoms with Crippen LogP contribution in [0.25, 0.3) is 0 Å². The van der Waals surface area contributed by atoms with E-state index in [9.17, 15) is 0 Å². The number of thiol groups is 1. The molecule has 1 aliphatic heterocycles. The third-order valence-electron chi connectivity index (χ3n) is 2.20. The van der Waals surface area contributed by atoms with Gasteiger partial charge < -0.3 is 4.90 Å². The molecule has 0 aliphatic carbocycles. The van der Waals surface area contributed by atoms with Gasteiger partial charge in [-0.1, -0.05) is 12.2 Å². The maximum atomic E-state index is 4.22. The molecule has 0 amide bonds. The number of rotatable bonds is 2. The van der Waals surface area contributed by atoms with E-state index in [-0.39, 0.29) is 0 Å². The fourth-order valence-corrected chi connectivity index (χ4v) is 1.75. The lowest BCUT2D eigenvalue weighted by molar-refractivity contribution is 0.305. The first kappa shape index (κ1) is 9.14. The lowest BCUT2D eigenvalue weighted by atomic mass is 10.1. The van der Waals surface area contributed by atoms with Crippen molar-refractivity contribution in [2.24, 2.45) is 0 Å². The van der Waals surface area contributed by atoms with Gasteiger partial charge in [0.05, 0.1) is 0 Å². The highest BCUT2D eigenvalue weighted by atomic mass is 32.1. The fraction of sp³-hybridized carbons (Fsp3) is 0.778. The van der Waals surface area contributed by atoms with Gasteiger partial charge in [0.15, 0.2) is 0 Å². The molecule has 2 heteroatoms. The summed E-state index contributed by atoms with van der Waals surface area (Å²) in [5, 5.41) is 0. The van der Waals surface area contributed by atoms with Gasteiger partial charge in [0, 0.05) is 18.8 Å². The van der Waals surface area contributed by atoms with Crippen molar-refractivity contribution in [3.8, 4) is 0 Å². The molecule has 0 aromatic heterocycles. The third-order valence-corrected chi connectivity index (χ3v) is 2.40. The zero-order valence-corrected chi connectivity index (χ0v) is 7.95. The van der Waals surface area contributed by atoms with Crippen molar-refractivity contribution in [2.45, 2.75) is 19.3 Å². The summed E-state index contributed by atoms with van der Waals surface area (Å²) in [5.41, 5.74) is 1.42. The van der Waals surface area contributed by atoms with Gasteiger partial charge in [-0.2, -0.15) is 12.6 Å². The molecule has 0 aromatic carbocycles. The fourth-order valence-electron chi connectivity index (χ4n) is 1.47. The predicted octanol–water partition coefficient (Wildman–Crippen LogP) is 1.96. The minimum atomic E-state index is 0.979. The van der Waals surface area contributed by atoms with E-state index < -0.39 is 0 Å². The molecule has 1 saturated heterocycles. The maximum Gasteiger partial charge on any atom is 0.00700 e. The van der Waals surface area contributed by atoms with Crippen molar-refractivity contribution in [1.82, 2.24) is 4.90 Å². The molecule has 1 rings (SSSR count). The van der Waals surface area contributed by atoms with Crippen LogP contribution in [0.3, 0.4) is 0 Å². The molecule has 1 heterocycles. The highest BCUT2D eigenvalue weighted by Crippen LogP contribution is 2.13. The van der Waals surface area contributed by atoms with Gasteiger partial charge in [-0.25, -0.2) is 0 Å². The Balaban J connectivity index is 2.28. The highest BCUT2D eigenvalue weighted by molar-refractivity contribution is 7.80. The Morgan fingerprint density at radius 1 is 1.36 bits per heavy atom. The second kappa shape index (κ2) is 4.83. The summed E-state index contributed by atoms with van der Waals surface area (Å²) >= 11 is 4.22. The monoisotopic (exact) mass is 171 g/mol. The van der Waals surface area contributed by atoms with Crippen LogP contribution in [0.4, 0.5) is 0 Å². The molecular formula is C9H17NS. The Morgan fingerprint density at radius 3 is 2.91 bits per heavy atom. The minimum absolute atomic E-state index is 0.979. The molecule has 1 aliphatic rings. The standard InChI is InChI=1S/C9H17NS/c1-9-3-2-5-10(6-4-9)7-8-11/h11H,1-8H2. The maximum absolute atomic E-state index is 4.22. The van der Waals surface area contributed by atoms with Gasteiger partial charge in [-0.15, -0.1) is 0 Å². The van der Waals surface area contributed by atoms with E-state index in [2.05, 4.69) is 24.1 Å². The zero-order valence-electron chi connectivity index (χ0n) is 7.05. The Morgan fingerprint density at radius 2 is 2.18 bits per heavy atom. The van der Waals surface area contributed by atoms with Crippen molar-refractivity contribution in [1.29, 1.82) is 0 Å². The topological polar surface area (TPSA) is 3.24 Å². The first-order valence-corrected chi connectivity index (χ1v) is 4.96. The van der Waals surface area contributed by atoms with E-state index in [4.69, 9.17) is 0 Å². The van der Waals surface area contributed by atoms with Crippen molar-refractivity contribution < 1.29 is 0 Å². The smallest absolute Gasteiger partial charge is 0.00700 e. The Hall–Kier alpha value is 0.0500. The van der Waals surface area contributed by atoms with Crippen LogP contribution in [0.5, 0.6) is 0 Å². The van der Waals surface area contributed by atoms with E-state index in [0.717, 1.165) is 12.3 Å². The molecule has 1 nitrogen and oxygen atoms in total. The molecular weight excluding hydrogens is 154 g/mol. The summed E-state index contributed by atoms with van der Waals surface area (Å²) in [6, 6.07) is 0. The summed E-state index contributed by atoms with van der Waals surface area (Å²) in [6.45, 7) is 7.59. The van der Waals surface area contributed by atoms with Crippen molar-refractivity contribution in [2.75, 3.05) is 25.4 Å². The third kappa shape index (κ3) is 3.30. The van der Waals surface area contributed by atoms with Gasteiger partial charge in [0.25, 0.3) is 0 Å². The number of hydrogen-bond acceptors (Lipinski definition) is 2. The van der Waals surface area contributed by atoms with Gasteiger partial charge >= 0.3 is 0 Å². The Labute approximate surface area is 74.9 Å². The van der Waals surface area contributed by atoms with Crippen LogP contribution in [-0.2, 0) is 0 Å². The lowest BCUT2D eigenvalue weighted by Gasteiger charge is -2.17. The van der Waals surface area contributed by atoms with Crippen LogP contribution in [-0.4, -0.2) is 30.3 Å². The number of nitrogens with zero attached hydrogens (tertiary/aromatic N) is 1. The largest absolute Gasteiger partial charge is 0.302 e. The molecule has 0 saturated carbocycles. The molecule has 0 aromatic rings. The molecule has 11 heavy (non-hydrogen) atoms. The SMILES string of the molecule is C=C1CCCN(CCS)CC1. The summed E-state index contributed by atoms with van der Waals surface area (Å²) in [6.07, 6.45) is 3.70. The van der Waals surface area contributed by atoms with E-state index in [1.54, 1.807) is 0 Å². The van der Waals surface area contributed by atoms with Crippen LogP contribution in [0.1, 0.15) is 19.3 Å². The van der Waals surface area contributed by atoms with Crippen LogP contribution in [0, 0.1) is 0 Å². The van der Waals surface area contributed by atoms with E-state index >= 15 is 0 Å². The van der Waals surface area contributed by atoms with Gasteiger partial charge in [0.1, 0.15) is 0 Å². The van der Waals surface area contributed by atoms with Crippen molar-refractivity contribution >= 4 is 12.6 Å². The molecule has 0 radical (unpaired) electrons. The Bertz CT molecular complexity index is 134. The highest BCUT2D eigenvalue weighted by Gasteiger charge is 2.08. The molecule has 0 atom stereocenters. The molecule has 0 unspecified atom stereocenters. The average molecular weight is 171 g/mol. The summed E-state index contributed by atoms with van der Waals surface area (Å²) in [7, 11) is 0. The first-order valence-electron chi connectivity index (χ1n) is 4.33. The lowest BCUT2D eigenvalue weighted by Crippen LogP contribution is -2.26. The minimum Gasteiger partial charge on any atom is -0.302 e. The quantitative estimate of drug-likeness (QED) is 0.491. The Kier molecular flexibility index (Phi) is 4.02. The van der Waals surface area contributed by atoms with E-state index in [1.807, 2.05) is 0 Å². The number of hydrogen-bond donors (Lipinski definition) is 1. The predicted molar refractivity (Wildman–Crippen MR) is 53.3 cm³/mol. The average Bonchev–Trinajstić information content (AvgIpc) is 2.17. The normalized spacial score (nSPS) is 21.7. The number of likely N-dealkylation sites (tertiary alicyclic amines) is 1. The zero-order chi connectivity index (χ0) is 8.10. The molecule has 0 spiro atoms. The summed E-state index contributed by atoms with van der Waals surface area (Å²) in [5.74, 6) is 0.979. The van der Waals surface area contributed by atoms with Crippen LogP contribution >= 0.6 is 12.6 Å². The van der Waals surface area contributed by atoms with Gasteiger partial charge in [-0.3, -0.25) is 0 Å². The van der Waals surface area contributed by atoms with E-state index in [0.29, 0.717) is 0 Å².